The van der Waals surface area contributed by atoms with Crippen molar-refractivity contribution in [1.29, 1.82) is 0 Å². The molecule has 2 aliphatic heterocycles. The number of hydrogen-bond acceptors (Lipinski definition) is 7. The van der Waals surface area contributed by atoms with Gasteiger partial charge in [-0.25, -0.2) is 0 Å². The van der Waals surface area contributed by atoms with Gasteiger partial charge >= 0.3 is 5.97 Å². The van der Waals surface area contributed by atoms with Gasteiger partial charge < -0.3 is 29.4 Å². The van der Waals surface area contributed by atoms with Crippen molar-refractivity contribution >= 4 is 23.7 Å². The molecule has 2 N–H and O–H groups in total. The van der Waals surface area contributed by atoms with Gasteiger partial charge in [0, 0.05) is 19.0 Å². The number of ether oxygens (including phenoxy) is 4. The highest BCUT2D eigenvalue weighted by Gasteiger charge is 2.28. The molecule has 1 amide bonds. The maximum atomic E-state index is 12.6. The van der Waals surface area contributed by atoms with E-state index in [1.54, 1.807) is 42.5 Å². The second-order valence-corrected chi connectivity index (χ2v) is 6.85. The van der Waals surface area contributed by atoms with Crippen LogP contribution in [-0.2, 0) is 9.59 Å². The highest BCUT2D eigenvalue weighted by atomic mass is 16.7. The van der Waals surface area contributed by atoms with Crippen molar-refractivity contribution in [1.82, 2.24) is 5.32 Å². The van der Waals surface area contributed by atoms with Crippen LogP contribution < -0.4 is 24.3 Å². The first-order valence-corrected chi connectivity index (χ1v) is 9.59. The first-order chi connectivity index (χ1) is 15.0. The molecule has 0 aromatic heterocycles. The van der Waals surface area contributed by atoms with Crippen molar-refractivity contribution in [3.8, 4) is 23.0 Å². The predicted molar refractivity (Wildman–Crippen MR) is 107 cm³/mol. The van der Waals surface area contributed by atoms with Gasteiger partial charge in [-0.05, 0) is 42.3 Å². The minimum atomic E-state index is -0.912. The highest BCUT2D eigenvalue weighted by molar-refractivity contribution is 6.14. The average molecular weight is 425 g/mol. The lowest BCUT2D eigenvalue weighted by Crippen LogP contribution is -2.29. The number of carbonyl (C=O) groups is 3. The molecule has 160 valence electrons. The first-order valence-electron chi connectivity index (χ1n) is 9.59. The minimum absolute atomic E-state index is 0.0144. The number of aliphatic carboxylic acids is 1. The van der Waals surface area contributed by atoms with E-state index in [2.05, 4.69) is 5.32 Å². The number of hydrogen-bond donors (Lipinski definition) is 2. The van der Waals surface area contributed by atoms with E-state index in [0.717, 1.165) is 5.56 Å². The van der Waals surface area contributed by atoms with Crippen LogP contribution in [-0.4, -0.2) is 42.7 Å². The van der Waals surface area contributed by atoms with Crippen LogP contribution in [0.3, 0.4) is 0 Å². The molecule has 2 aromatic carbocycles. The summed E-state index contributed by atoms with van der Waals surface area (Å²) < 4.78 is 21.8. The van der Waals surface area contributed by atoms with E-state index in [1.807, 2.05) is 0 Å². The summed E-state index contributed by atoms with van der Waals surface area (Å²) in [5.41, 5.74) is 1.13. The molecule has 0 unspecified atom stereocenters. The number of allylic oxidation sites excluding steroid dienone is 1. The van der Waals surface area contributed by atoms with Gasteiger partial charge in [-0.1, -0.05) is 6.07 Å². The number of amides is 1. The Morgan fingerprint density at radius 2 is 1.94 bits per heavy atom. The van der Waals surface area contributed by atoms with Crippen molar-refractivity contribution < 1.29 is 38.4 Å². The third kappa shape index (κ3) is 4.77. The Morgan fingerprint density at radius 1 is 1.10 bits per heavy atom. The van der Waals surface area contributed by atoms with Crippen LogP contribution in [0, 0.1) is 0 Å². The van der Waals surface area contributed by atoms with E-state index in [4.69, 9.17) is 24.1 Å². The lowest BCUT2D eigenvalue weighted by atomic mass is 10.1. The molecule has 0 atom stereocenters. The normalized spacial score (nSPS) is 14.8. The smallest absolute Gasteiger partial charge is 0.303 e. The molecule has 0 spiro atoms. The molecule has 2 aliphatic rings. The molecule has 2 heterocycles. The van der Waals surface area contributed by atoms with E-state index in [0.29, 0.717) is 35.0 Å². The van der Waals surface area contributed by atoms with Crippen LogP contribution in [0.25, 0.3) is 6.08 Å². The summed E-state index contributed by atoms with van der Waals surface area (Å²) in [6.45, 7) is 0.184. The number of fused-ring (bicyclic) bond motifs is 2. The predicted octanol–water partition coefficient (Wildman–Crippen LogP) is 2.39. The Kier molecular flexibility index (Phi) is 5.74. The number of benzene rings is 2. The number of Topliss-reactive ketones (excluding diaryl/α,β-unsaturated/α-hetero) is 1. The molecule has 4 rings (SSSR count). The Hall–Kier alpha value is -4.01. The van der Waals surface area contributed by atoms with Gasteiger partial charge in [-0.15, -0.1) is 0 Å². The maximum Gasteiger partial charge on any atom is 0.303 e. The fourth-order valence-electron chi connectivity index (χ4n) is 3.08. The fraction of sp³-hybridized carbons (Fsp3) is 0.227. The van der Waals surface area contributed by atoms with Gasteiger partial charge in [0.05, 0.1) is 5.56 Å². The van der Waals surface area contributed by atoms with Crippen molar-refractivity contribution in [3.63, 3.8) is 0 Å². The molecular formula is C22H19NO8. The summed E-state index contributed by atoms with van der Waals surface area (Å²) in [5, 5.41) is 11.2. The number of rotatable bonds is 8. The zero-order chi connectivity index (χ0) is 21.8. The molecular weight excluding hydrogens is 406 g/mol. The van der Waals surface area contributed by atoms with E-state index in [9.17, 15) is 14.4 Å². The number of nitrogens with one attached hydrogen (secondary N) is 1. The van der Waals surface area contributed by atoms with Crippen molar-refractivity contribution in [2.24, 2.45) is 0 Å². The van der Waals surface area contributed by atoms with Crippen LogP contribution in [0.2, 0.25) is 0 Å². The van der Waals surface area contributed by atoms with Crippen LogP contribution in [0.15, 0.2) is 42.2 Å². The van der Waals surface area contributed by atoms with E-state index >= 15 is 0 Å². The van der Waals surface area contributed by atoms with Crippen LogP contribution in [0.1, 0.15) is 28.8 Å². The Morgan fingerprint density at radius 3 is 2.77 bits per heavy atom. The molecule has 0 bridgehead atoms. The SMILES string of the molecule is O=C(O)CCCNC(=O)COc1ccc2c(c1)OC(=Cc1ccc3c(c1)OCO3)C2=O. The van der Waals surface area contributed by atoms with Gasteiger partial charge in [-0.3, -0.25) is 14.4 Å². The van der Waals surface area contributed by atoms with Gasteiger partial charge in [0.1, 0.15) is 11.5 Å². The zero-order valence-corrected chi connectivity index (χ0v) is 16.4. The number of carboxylic acid groups (broad SMARTS) is 1. The molecule has 0 saturated heterocycles. The molecule has 2 aromatic rings. The van der Waals surface area contributed by atoms with Crippen molar-refractivity contribution in [2.75, 3.05) is 19.9 Å². The van der Waals surface area contributed by atoms with Gasteiger partial charge in [0.2, 0.25) is 12.6 Å². The topological polar surface area (TPSA) is 120 Å². The van der Waals surface area contributed by atoms with Gasteiger partial charge in [0.25, 0.3) is 5.91 Å². The van der Waals surface area contributed by atoms with Crippen LogP contribution in [0.4, 0.5) is 0 Å². The number of carboxylic acids is 1. The molecule has 31 heavy (non-hydrogen) atoms. The van der Waals surface area contributed by atoms with E-state index < -0.39 is 5.97 Å². The fourth-order valence-corrected chi connectivity index (χ4v) is 3.08. The Balaban J connectivity index is 1.36. The highest BCUT2D eigenvalue weighted by Crippen LogP contribution is 2.37. The zero-order valence-electron chi connectivity index (χ0n) is 16.4. The Labute approximate surface area is 177 Å². The number of ketones is 1. The summed E-state index contributed by atoms with van der Waals surface area (Å²) in [5.74, 6) is 0.605. The van der Waals surface area contributed by atoms with Crippen LogP contribution in [0.5, 0.6) is 23.0 Å². The molecule has 9 heteroatoms. The largest absolute Gasteiger partial charge is 0.484 e. The van der Waals surface area contributed by atoms with Crippen molar-refractivity contribution in [2.45, 2.75) is 12.8 Å². The molecule has 0 aliphatic carbocycles. The summed E-state index contributed by atoms with van der Waals surface area (Å²) in [6.07, 6.45) is 1.95. The summed E-state index contributed by atoms with van der Waals surface area (Å²) >= 11 is 0. The molecule has 0 fully saturated rings. The van der Waals surface area contributed by atoms with E-state index in [1.165, 1.54) is 0 Å². The average Bonchev–Trinajstić information content (AvgIpc) is 3.33. The molecule has 9 nitrogen and oxygen atoms in total. The quantitative estimate of drug-likeness (QED) is 0.489. The lowest BCUT2D eigenvalue weighted by Gasteiger charge is -2.08. The van der Waals surface area contributed by atoms with Crippen LogP contribution >= 0.6 is 0 Å². The molecule has 0 radical (unpaired) electrons. The molecule has 0 saturated carbocycles. The standard InChI is InChI=1S/C22H19NO8/c24-20(23-7-1-2-21(25)26)11-28-14-4-5-15-17(10-14)31-19(22(15)27)9-13-3-6-16-18(8-13)30-12-29-16/h3-6,8-10H,1-2,7,11-12H2,(H,23,24)(H,25,26). The second-order valence-electron chi connectivity index (χ2n) is 6.85. The van der Waals surface area contributed by atoms with Gasteiger partial charge in [-0.2, -0.15) is 0 Å². The van der Waals surface area contributed by atoms with Crippen molar-refractivity contribution in [3.05, 3.63) is 53.3 Å². The summed E-state index contributed by atoms with van der Waals surface area (Å²) in [4.78, 5) is 34.8. The first kappa shape index (κ1) is 20.3. The monoisotopic (exact) mass is 425 g/mol. The minimum Gasteiger partial charge on any atom is -0.484 e. The lowest BCUT2D eigenvalue weighted by molar-refractivity contribution is -0.137. The summed E-state index contributed by atoms with van der Waals surface area (Å²) in [7, 11) is 0. The maximum absolute atomic E-state index is 12.6. The number of carbonyl (C=O) groups excluding carboxylic acids is 2. The second kappa shape index (κ2) is 8.78. The summed E-state index contributed by atoms with van der Waals surface area (Å²) in [6, 6.07) is 10.0. The Bertz CT molecular complexity index is 1080. The third-order valence-electron chi connectivity index (χ3n) is 4.60. The van der Waals surface area contributed by atoms with E-state index in [-0.39, 0.29) is 43.8 Å². The third-order valence-corrected chi connectivity index (χ3v) is 4.60. The van der Waals surface area contributed by atoms with Gasteiger partial charge in [0.15, 0.2) is 23.9 Å².